The van der Waals surface area contributed by atoms with Gasteiger partial charge >= 0.3 is 11.9 Å². The van der Waals surface area contributed by atoms with E-state index in [1.807, 2.05) is 0 Å². The number of primary amides is 1. The van der Waals surface area contributed by atoms with Crippen LogP contribution in [0, 0.1) is 5.92 Å². The van der Waals surface area contributed by atoms with E-state index >= 15 is 0 Å². The van der Waals surface area contributed by atoms with Gasteiger partial charge in [0.05, 0.1) is 0 Å². The third-order valence-electron chi connectivity index (χ3n) is 1.47. The Bertz CT molecular complexity index is 226. The van der Waals surface area contributed by atoms with E-state index in [0.717, 1.165) is 11.8 Å². The Labute approximate surface area is 102 Å². The first-order valence-electron chi connectivity index (χ1n) is 4.60. The van der Waals surface area contributed by atoms with Crippen LogP contribution in [0.4, 0.5) is 0 Å². The number of halogens is 1. The fourth-order valence-corrected chi connectivity index (χ4v) is 1.19. The fourth-order valence-electron chi connectivity index (χ4n) is 0.796. The Morgan fingerprint density at radius 3 is 1.81 bits per heavy atom. The monoisotopic (exact) mass is 297 g/mol. The maximum absolute atomic E-state index is 10.3. The molecule has 6 nitrogen and oxygen atoms in total. The molecule has 0 saturated carbocycles. The Balaban J connectivity index is 0. The topological polar surface area (TPSA) is 118 Å². The van der Waals surface area contributed by atoms with Gasteiger partial charge in [-0.25, -0.2) is 0 Å². The van der Waals surface area contributed by atoms with Gasteiger partial charge < -0.3 is 15.9 Å². The second-order valence-corrected chi connectivity index (χ2v) is 3.82. The molecule has 0 aliphatic carbocycles. The zero-order chi connectivity index (χ0) is 13.1. The van der Waals surface area contributed by atoms with Gasteiger partial charge in [0.25, 0.3) is 0 Å². The van der Waals surface area contributed by atoms with Crippen molar-refractivity contribution in [2.75, 3.05) is 5.33 Å². The summed E-state index contributed by atoms with van der Waals surface area (Å²) >= 11 is 3.18. The summed E-state index contributed by atoms with van der Waals surface area (Å²) in [4.78, 5) is 29.9. The standard InChI is InChI=1S/C7H11BrO4.C2H5NO/c8-4-2-1-3-5(6(9)10)7(11)12;1-2(3)4/h5H,1-4H2,(H,9,10)(H,11,12);1H3,(H2,3,4). The molecule has 4 N–H and O–H groups in total. The number of alkyl halides is 1. The van der Waals surface area contributed by atoms with E-state index in [-0.39, 0.29) is 12.3 Å². The van der Waals surface area contributed by atoms with Crippen LogP contribution < -0.4 is 5.73 Å². The number of carboxylic acids is 2. The average Bonchev–Trinajstić information content (AvgIpc) is 2.10. The molecule has 0 aromatic heterocycles. The quantitative estimate of drug-likeness (QED) is 0.381. The smallest absolute Gasteiger partial charge is 0.317 e. The van der Waals surface area contributed by atoms with Gasteiger partial charge in [0.2, 0.25) is 5.91 Å². The Kier molecular flexibility index (Phi) is 11.2. The predicted molar refractivity (Wildman–Crippen MR) is 61.3 cm³/mol. The SMILES string of the molecule is CC(N)=O.O=C(O)C(CCCCBr)C(=O)O. The first kappa shape index (κ1) is 17.3. The van der Waals surface area contributed by atoms with E-state index in [2.05, 4.69) is 21.7 Å². The van der Waals surface area contributed by atoms with E-state index in [0.29, 0.717) is 6.42 Å². The lowest BCUT2D eigenvalue weighted by Gasteiger charge is -2.05. The molecule has 0 saturated heterocycles. The first-order chi connectivity index (χ1) is 7.32. The molecule has 0 aliphatic rings. The Morgan fingerprint density at radius 1 is 1.19 bits per heavy atom. The normalized spacial score (nSPS) is 9.19. The molecule has 0 radical (unpaired) electrons. The molecule has 0 bridgehead atoms. The zero-order valence-electron chi connectivity index (χ0n) is 8.98. The van der Waals surface area contributed by atoms with E-state index in [4.69, 9.17) is 10.2 Å². The van der Waals surface area contributed by atoms with Crippen molar-refractivity contribution in [2.45, 2.75) is 26.2 Å². The minimum absolute atomic E-state index is 0.205. The summed E-state index contributed by atoms with van der Waals surface area (Å²) in [6.45, 7) is 1.31. The van der Waals surface area contributed by atoms with E-state index in [1.54, 1.807) is 0 Å². The lowest BCUT2D eigenvalue weighted by atomic mass is 10.0. The summed E-state index contributed by atoms with van der Waals surface area (Å²) in [5.41, 5.74) is 4.47. The van der Waals surface area contributed by atoms with Crippen molar-refractivity contribution in [3.63, 3.8) is 0 Å². The van der Waals surface area contributed by atoms with Crippen LogP contribution in [-0.2, 0) is 14.4 Å². The van der Waals surface area contributed by atoms with Gasteiger partial charge in [0.1, 0.15) is 0 Å². The fraction of sp³-hybridized carbons (Fsp3) is 0.667. The number of aliphatic carboxylic acids is 2. The predicted octanol–water partition coefficient (Wildman–Crippen LogP) is 0.829. The summed E-state index contributed by atoms with van der Waals surface area (Å²) < 4.78 is 0. The van der Waals surface area contributed by atoms with Gasteiger partial charge in [-0.15, -0.1) is 0 Å². The van der Waals surface area contributed by atoms with Crippen molar-refractivity contribution in [1.29, 1.82) is 0 Å². The number of carbonyl (C=O) groups is 3. The first-order valence-corrected chi connectivity index (χ1v) is 5.72. The van der Waals surface area contributed by atoms with Crippen LogP contribution in [0.25, 0.3) is 0 Å². The second-order valence-electron chi connectivity index (χ2n) is 3.02. The van der Waals surface area contributed by atoms with Gasteiger partial charge in [-0.2, -0.15) is 0 Å². The summed E-state index contributed by atoms with van der Waals surface area (Å²) in [5, 5.41) is 17.7. The van der Waals surface area contributed by atoms with Gasteiger partial charge in [0.15, 0.2) is 5.92 Å². The van der Waals surface area contributed by atoms with Crippen LogP contribution in [-0.4, -0.2) is 33.4 Å². The Morgan fingerprint density at radius 2 is 1.56 bits per heavy atom. The highest BCUT2D eigenvalue weighted by Gasteiger charge is 2.24. The van der Waals surface area contributed by atoms with Crippen molar-refractivity contribution >= 4 is 33.8 Å². The summed E-state index contributed by atoms with van der Waals surface area (Å²) in [7, 11) is 0. The summed E-state index contributed by atoms with van der Waals surface area (Å²) in [6, 6.07) is 0. The van der Waals surface area contributed by atoms with Gasteiger partial charge in [-0.05, 0) is 12.8 Å². The lowest BCUT2D eigenvalue weighted by Crippen LogP contribution is -2.23. The molecular weight excluding hydrogens is 282 g/mol. The maximum atomic E-state index is 10.3. The highest BCUT2D eigenvalue weighted by atomic mass is 79.9. The molecule has 0 unspecified atom stereocenters. The van der Waals surface area contributed by atoms with Crippen molar-refractivity contribution in [1.82, 2.24) is 0 Å². The van der Waals surface area contributed by atoms with Gasteiger partial charge in [-0.1, -0.05) is 22.4 Å². The third-order valence-corrected chi connectivity index (χ3v) is 2.03. The number of rotatable bonds is 6. The van der Waals surface area contributed by atoms with Crippen LogP contribution in [0.1, 0.15) is 26.2 Å². The molecule has 0 rings (SSSR count). The maximum Gasteiger partial charge on any atom is 0.317 e. The molecule has 0 spiro atoms. The number of carbonyl (C=O) groups excluding carboxylic acids is 1. The number of unbranched alkanes of at least 4 members (excludes halogenated alkanes) is 1. The average molecular weight is 298 g/mol. The van der Waals surface area contributed by atoms with Gasteiger partial charge in [0, 0.05) is 12.3 Å². The Hall–Kier alpha value is -1.11. The highest BCUT2D eigenvalue weighted by Crippen LogP contribution is 2.09. The second kappa shape index (κ2) is 10.4. The summed E-state index contributed by atoms with van der Waals surface area (Å²) in [5.74, 6) is -4.09. The van der Waals surface area contributed by atoms with E-state index in [9.17, 15) is 14.4 Å². The number of carboxylic acid groups (broad SMARTS) is 2. The molecule has 0 heterocycles. The highest BCUT2D eigenvalue weighted by molar-refractivity contribution is 9.09. The van der Waals surface area contributed by atoms with E-state index in [1.165, 1.54) is 6.92 Å². The molecule has 0 fully saturated rings. The largest absolute Gasteiger partial charge is 0.481 e. The molecule has 0 atom stereocenters. The van der Waals surface area contributed by atoms with Crippen molar-refractivity contribution in [3.8, 4) is 0 Å². The van der Waals surface area contributed by atoms with Crippen LogP contribution in [0.5, 0.6) is 0 Å². The molecule has 0 aliphatic heterocycles. The summed E-state index contributed by atoms with van der Waals surface area (Å²) in [6.07, 6.45) is 1.63. The molecule has 0 aromatic rings. The third kappa shape index (κ3) is 12.9. The number of hydrogen-bond donors (Lipinski definition) is 3. The molecule has 16 heavy (non-hydrogen) atoms. The van der Waals surface area contributed by atoms with Crippen LogP contribution >= 0.6 is 15.9 Å². The van der Waals surface area contributed by atoms with Crippen LogP contribution in [0.15, 0.2) is 0 Å². The molecular formula is C9H16BrNO5. The van der Waals surface area contributed by atoms with Crippen LogP contribution in [0.3, 0.4) is 0 Å². The molecule has 1 amide bonds. The van der Waals surface area contributed by atoms with Crippen LogP contribution in [0.2, 0.25) is 0 Å². The van der Waals surface area contributed by atoms with Crippen molar-refractivity contribution in [2.24, 2.45) is 11.7 Å². The van der Waals surface area contributed by atoms with Gasteiger partial charge in [-0.3, -0.25) is 14.4 Å². The zero-order valence-corrected chi connectivity index (χ0v) is 10.6. The lowest BCUT2D eigenvalue weighted by molar-refractivity contribution is -0.154. The molecule has 94 valence electrons. The minimum atomic E-state index is -1.25. The number of amides is 1. The van der Waals surface area contributed by atoms with E-state index < -0.39 is 17.9 Å². The van der Waals surface area contributed by atoms with Crippen molar-refractivity contribution in [3.05, 3.63) is 0 Å². The number of hydrogen-bond acceptors (Lipinski definition) is 3. The van der Waals surface area contributed by atoms with Crippen molar-refractivity contribution < 1.29 is 24.6 Å². The molecule has 0 aromatic carbocycles. The molecule has 7 heteroatoms. The number of nitrogens with two attached hydrogens (primary N) is 1. The minimum Gasteiger partial charge on any atom is -0.481 e.